The molecule has 0 spiro atoms. The smallest absolute Gasteiger partial charge is 0.274 e. The van der Waals surface area contributed by atoms with Gasteiger partial charge in [-0.2, -0.15) is 5.10 Å². The van der Waals surface area contributed by atoms with Gasteiger partial charge in [-0.1, -0.05) is 6.07 Å². The first-order valence-corrected chi connectivity index (χ1v) is 12.1. The number of aryl methyl sites for hydroxylation is 1. The van der Waals surface area contributed by atoms with Crippen molar-refractivity contribution in [2.75, 3.05) is 30.4 Å². The lowest BCUT2D eigenvalue weighted by Crippen LogP contribution is -2.61. The molecule has 4 aromatic rings. The van der Waals surface area contributed by atoms with E-state index in [1.54, 1.807) is 24.0 Å². The first-order valence-electron chi connectivity index (χ1n) is 12.1. The van der Waals surface area contributed by atoms with Crippen molar-refractivity contribution in [3.63, 3.8) is 0 Å². The van der Waals surface area contributed by atoms with Gasteiger partial charge in [0.05, 0.1) is 24.0 Å². The van der Waals surface area contributed by atoms with Gasteiger partial charge in [-0.25, -0.2) is 18.7 Å². The number of amides is 1. The first-order chi connectivity index (χ1) is 17.9. The minimum Gasteiger partial charge on any atom is -0.496 e. The Morgan fingerprint density at radius 2 is 2.08 bits per heavy atom. The number of carbonyl (C=O) groups is 1. The van der Waals surface area contributed by atoms with Gasteiger partial charge in [0.2, 0.25) is 0 Å². The second-order valence-corrected chi connectivity index (χ2v) is 9.35. The average molecular weight is 506 g/mol. The summed E-state index contributed by atoms with van der Waals surface area (Å²) in [6, 6.07) is 7.65. The van der Waals surface area contributed by atoms with Crippen LogP contribution in [0.5, 0.6) is 5.75 Å². The molecule has 0 unspecified atom stereocenters. The van der Waals surface area contributed by atoms with E-state index in [0.29, 0.717) is 17.1 Å². The normalized spacial score (nSPS) is 18.9. The van der Waals surface area contributed by atoms with Gasteiger partial charge in [-0.3, -0.25) is 9.48 Å². The summed E-state index contributed by atoms with van der Waals surface area (Å²) in [4.78, 5) is 24.1. The number of hydrogen-bond acceptors (Lipinski definition) is 7. The fourth-order valence-electron chi connectivity index (χ4n) is 5.32. The molecule has 2 bridgehead atoms. The molecule has 0 radical (unpaired) electrons. The van der Waals surface area contributed by atoms with Gasteiger partial charge in [-0.05, 0) is 31.0 Å². The van der Waals surface area contributed by atoms with E-state index in [1.807, 2.05) is 0 Å². The fraction of sp³-hybridized carbons (Fsp3) is 0.308. The van der Waals surface area contributed by atoms with Crippen molar-refractivity contribution in [3.8, 4) is 17.1 Å². The summed E-state index contributed by atoms with van der Waals surface area (Å²) in [6.07, 6.45) is 5.23. The molecule has 2 aromatic carbocycles. The number of anilines is 2. The van der Waals surface area contributed by atoms with Gasteiger partial charge in [-0.15, -0.1) is 0 Å². The summed E-state index contributed by atoms with van der Waals surface area (Å²) < 4.78 is 36.6. The number of halogens is 2. The number of nitrogens with zero attached hydrogens (tertiary/aromatic N) is 5. The molecule has 190 valence electrons. The lowest BCUT2D eigenvalue weighted by molar-refractivity contribution is 0.102. The maximum atomic E-state index is 15.1. The molecule has 5 heterocycles. The van der Waals surface area contributed by atoms with E-state index >= 15 is 4.39 Å². The number of piperazine rings is 1. The maximum Gasteiger partial charge on any atom is 0.274 e. The number of rotatable bonds is 5. The highest BCUT2D eigenvalue weighted by Crippen LogP contribution is 2.40. The van der Waals surface area contributed by atoms with Crippen LogP contribution in [-0.4, -0.2) is 57.9 Å². The number of carbonyl (C=O) groups excluding carboxylic acids is 1. The van der Waals surface area contributed by atoms with E-state index in [-0.39, 0.29) is 34.4 Å². The highest BCUT2D eigenvalue weighted by Gasteiger charge is 2.36. The number of fused-ring (bicyclic) bond motifs is 4. The quantitative estimate of drug-likeness (QED) is 0.429. The third kappa shape index (κ3) is 4.05. The summed E-state index contributed by atoms with van der Waals surface area (Å²) >= 11 is 0. The predicted octanol–water partition coefficient (Wildman–Crippen LogP) is 3.51. The summed E-state index contributed by atoms with van der Waals surface area (Å²) in [5.74, 6) is -1.41. The topological polar surface area (TPSA) is 97.2 Å². The number of nitrogens with one attached hydrogen (secondary N) is 2. The molecule has 2 N–H and O–H groups in total. The van der Waals surface area contributed by atoms with E-state index in [9.17, 15) is 9.18 Å². The first kappa shape index (κ1) is 23.3. The van der Waals surface area contributed by atoms with Gasteiger partial charge in [0.15, 0.2) is 11.6 Å². The van der Waals surface area contributed by atoms with Crippen molar-refractivity contribution in [1.82, 2.24) is 25.1 Å². The van der Waals surface area contributed by atoms with Gasteiger partial charge < -0.3 is 20.3 Å². The number of ether oxygens (including phenoxy) is 1. The SMILES string of the molecule is COc1cccc(F)c1-c1nccc(C(=O)Nc2cc(F)c3nn(C)cc3c2N2C[C@H]3CC[C@@H]2CN3)n1. The number of aromatic nitrogens is 4. The molecule has 0 saturated carbocycles. The Morgan fingerprint density at radius 3 is 2.81 bits per heavy atom. The van der Waals surface area contributed by atoms with Crippen LogP contribution in [0.4, 0.5) is 20.2 Å². The van der Waals surface area contributed by atoms with Gasteiger partial charge in [0.25, 0.3) is 5.91 Å². The highest BCUT2D eigenvalue weighted by molar-refractivity contribution is 6.09. The Hall–Kier alpha value is -4.12. The zero-order chi connectivity index (χ0) is 25.7. The summed E-state index contributed by atoms with van der Waals surface area (Å²) in [5, 5.41) is 11.3. The Bertz CT molecular complexity index is 1510. The molecule has 3 aliphatic rings. The molecule has 0 aliphatic carbocycles. The maximum absolute atomic E-state index is 15.1. The van der Waals surface area contributed by atoms with Crippen LogP contribution in [0.15, 0.2) is 42.7 Å². The van der Waals surface area contributed by atoms with E-state index < -0.39 is 17.5 Å². The van der Waals surface area contributed by atoms with Crippen molar-refractivity contribution in [2.24, 2.45) is 7.05 Å². The molecule has 1 amide bonds. The van der Waals surface area contributed by atoms with Crippen LogP contribution >= 0.6 is 0 Å². The Kier molecular flexibility index (Phi) is 5.71. The van der Waals surface area contributed by atoms with Gasteiger partial charge >= 0.3 is 0 Å². The van der Waals surface area contributed by atoms with E-state index in [2.05, 4.69) is 30.6 Å². The zero-order valence-electron chi connectivity index (χ0n) is 20.3. The second kappa shape index (κ2) is 9.07. The van der Waals surface area contributed by atoms with Crippen LogP contribution in [0.2, 0.25) is 0 Å². The largest absolute Gasteiger partial charge is 0.496 e. The molecular weight excluding hydrogens is 480 g/mol. The molecule has 11 heteroatoms. The highest BCUT2D eigenvalue weighted by atomic mass is 19.1. The molecule has 9 nitrogen and oxygen atoms in total. The number of piperidine rings is 2. The monoisotopic (exact) mass is 505 g/mol. The Morgan fingerprint density at radius 1 is 1.22 bits per heavy atom. The van der Waals surface area contributed by atoms with Crippen LogP contribution in [0.1, 0.15) is 23.3 Å². The van der Waals surface area contributed by atoms with E-state index in [4.69, 9.17) is 4.74 Å². The number of methoxy groups -OCH3 is 1. The second-order valence-electron chi connectivity index (χ2n) is 9.35. The average Bonchev–Trinajstić information content (AvgIpc) is 3.31. The van der Waals surface area contributed by atoms with Crippen molar-refractivity contribution >= 4 is 28.2 Å². The number of benzene rings is 2. The number of hydrogen-bond donors (Lipinski definition) is 2. The Labute approximate surface area is 211 Å². The summed E-state index contributed by atoms with van der Waals surface area (Å²) in [5.41, 5.74) is 1.38. The lowest BCUT2D eigenvalue weighted by atomic mass is 9.91. The molecule has 3 aliphatic heterocycles. The van der Waals surface area contributed by atoms with Crippen LogP contribution in [0.25, 0.3) is 22.3 Å². The third-order valence-corrected chi connectivity index (χ3v) is 7.03. The van der Waals surface area contributed by atoms with Crippen molar-refractivity contribution < 1.29 is 18.3 Å². The molecule has 7 rings (SSSR count). The van der Waals surface area contributed by atoms with Crippen LogP contribution in [0, 0.1) is 11.6 Å². The van der Waals surface area contributed by atoms with Crippen molar-refractivity contribution in [3.05, 3.63) is 60.1 Å². The summed E-state index contributed by atoms with van der Waals surface area (Å²) in [7, 11) is 3.16. The third-order valence-electron chi connectivity index (χ3n) is 7.03. The van der Waals surface area contributed by atoms with Crippen LogP contribution < -0.4 is 20.3 Å². The van der Waals surface area contributed by atoms with Gasteiger partial charge in [0.1, 0.15) is 22.8 Å². The van der Waals surface area contributed by atoms with E-state index in [1.165, 1.54) is 37.6 Å². The standard InChI is InChI=1S/C26H25F2N7O2/c1-34-13-16-23(33-34)18(28)10-20(24(16)35-12-14-6-7-15(35)11-30-14)32-26(36)19-8-9-29-25(31-19)22-17(27)4-3-5-21(22)37-2/h3-5,8-10,13-15,30H,6-7,11-12H2,1-2H3,(H,32,36)/t14-,15-/m1/s1. The molecule has 2 atom stereocenters. The van der Waals surface area contributed by atoms with Crippen LogP contribution in [0.3, 0.4) is 0 Å². The van der Waals surface area contributed by atoms with Gasteiger partial charge in [0, 0.05) is 56.1 Å². The Balaban J connectivity index is 1.40. The van der Waals surface area contributed by atoms with Crippen LogP contribution in [-0.2, 0) is 7.05 Å². The minimum absolute atomic E-state index is 0.00906. The summed E-state index contributed by atoms with van der Waals surface area (Å²) in [6.45, 7) is 1.56. The van der Waals surface area contributed by atoms with Crippen molar-refractivity contribution in [1.29, 1.82) is 0 Å². The minimum atomic E-state index is -0.572. The van der Waals surface area contributed by atoms with Crippen molar-refractivity contribution in [2.45, 2.75) is 24.9 Å². The lowest BCUT2D eigenvalue weighted by Gasteiger charge is -2.47. The predicted molar refractivity (Wildman–Crippen MR) is 135 cm³/mol. The molecule has 3 fully saturated rings. The molecule has 37 heavy (non-hydrogen) atoms. The molecular formula is C26H25F2N7O2. The zero-order valence-corrected chi connectivity index (χ0v) is 20.3. The molecule has 2 aromatic heterocycles. The fourth-order valence-corrected chi connectivity index (χ4v) is 5.32. The molecule has 3 saturated heterocycles. The van der Waals surface area contributed by atoms with E-state index in [0.717, 1.165) is 31.6 Å².